The van der Waals surface area contributed by atoms with Crippen LogP contribution >= 0.6 is 0 Å². The van der Waals surface area contributed by atoms with Gasteiger partial charge in [0.1, 0.15) is 28.6 Å². The van der Waals surface area contributed by atoms with Crippen LogP contribution in [0.5, 0.6) is 0 Å². The number of anilines is 1. The van der Waals surface area contributed by atoms with Crippen LogP contribution in [0.1, 0.15) is 97.6 Å². The van der Waals surface area contributed by atoms with Crippen LogP contribution in [-0.4, -0.2) is 73.8 Å². The Labute approximate surface area is 244 Å². The minimum Gasteiger partial charge on any atom is -0.467 e. The van der Waals surface area contributed by atoms with Gasteiger partial charge in [0.2, 0.25) is 0 Å². The number of furan rings is 1. The van der Waals surface area contributed by atoms with Crippen molar-refractivity contribution >= 4 is 17.8 Å². The van der Waals surface area contributed by atoms with Crippen LogP contribution in [0.3, 0.4) is 0 Å². The Morgan fingerprint density at radius 3 is 2.39 bits per heavy atom. The van der Waals surface area contributed by atoms with E-state index in [-0.39, 0.29) is 29.2 Å². The van der Waals surface area contributed by atoms with Crippen LogP contribution < -0.4 is 5.32 Å². The highest BCUT2D eigenvalue weighted by Crippen LogP contribution is 2.32. The molecule has 228 valence electrons. The molecule has 41 heavy (non-hydrogen) atoms. The minimum absolute atomic E-state index is 0.158. The van der Waals surface area contributed by atoms with Gasteiger partial charge in [-0.15, -0.1) is 0 Å². The number of aromatic nitrogens is 2. The number of aliphatic hydroxyl groups is 1. The molecule has 2 atom stereocenters. The third kappa shape index (κ3) is 8.92. The summed E-state index contributed by atoms with van der Waals surface area (Å²) in [4.78, 5) is 40.3. The first-order valence-corrected chi connectivity index (χ1v) is 14.5. The van der Waals surface area contributed by atoms with Crippen LogP contribution in [-0.2, 0) is 16.7 Å². The Hall–Kier alpha value is -3.14. The summed E-state index contributed by atoms with van der Waals surface area (Å²) in [6, 6.07) is 3.32. The van der Waals surface area contributed by atoms with Gasteiger partial charge in [0.05, 0.1) is 24.5 Å². The lowest BCUT2D eigenvalue weighted by Crippen LogP contribution is -2.58. The Balaban J connectivity index is 2.01. The van der Waals surface area contributed by atoms with Gasteiger partial charge in [0.25, 0.3) is 5.91 Å². The summed E-state index contributed by atoms with van der Waals surface area (Å²) in [5.41, 5.74) is -1.70. The quantitative estimate of drug-likeness (QED) is 0.428. The zero-order chi connectivity index (χ0) is 30.8. The highest BCUT2D eigenvalue weighted by Gasteiger charge is 2.42. The molecule has 3 rings (SSSR count). The largest absolute Gasteiger partial charge is 0.467 e. The fraction of sp³-hybridized carbons (Fsp3) is 0.677. The first kappa shape index (κ1) is 32.4. The third-order valence-corrected chi connectivity index (χ3v) is 7.04. The number of nitrogens with one attached hydrogen (secondary N) is 1. The molecule has 0 bridgehead atoms. The summed E-state index contributed by atoms with van der Waals surface area (Å²) in [5.74, 6) is 1.43. The van der Waals surface area contributed by atoms with Crippen molar-refractivity contribution in [1.29, 1.82) is 0 Å². The molecule has 0 spiro atoms. The maximum absolute atomic E-state index is 14.4. The van der Waals surface area contributed by atoms with E-state index in [1.807, 2.05) is 58.6 Å². The van der Waals surface area contributed by atoms with Crippen molar-refractivity contribution in [2.24, 2.45) is 11.8 Å². The number of likely N-dealkylation sites (tertiary alicyclic amines) is 1. The Morgan fingerprint density at radius 1 is 1.17 bits per heavy atom. The molecule has 10 nitrogen and oxygen atoms in total. The van der Waals surface area contributed by atoms with Crippen molar-refractivity contribution in [2.75, 3.05) is 25.0 Å². The van der Waals surface area contributed by atoms with Gasteiger partial charge in [0.15, 0.2) is 0 Å². The van der Waals surface area contributed by atoms with Gasteiger partial charge in [-0.2, -0.15) is 0 Å². The summed E-state index contributed by atoms with van der Waals surface area (Å²) < 4.78 is 11.2. The van der Waals surface area contributed by atoms with E-state index in [1.165, 1.54) is 0 Å². The van der Waals surface area contributed by atoms with Crippen molar-refractivity contribution in [2.45, 2.75) is 105 Å². The van der Waals surface area contributed by atoms with Gasteiger partial charge in [-0.25, -0.2) is 14.8 Å². The Morgan fingerprint density at radius 2 is 1.85 bits per heavy atom. The smallest absolute Gasteiger partial charge is 0.410 e. The molecule has 3 heterocycles. The summed E-state index contributed by atoms with van der Waals surface area (Å²) in [5, 5.41) is 14.3. The van der Waals surface area contributed by atoms with E-state index < -0.39 is 17.3 Å². The predicted molar refractivity (Wildman–Crippen MR) is 159 cm³/mol. The minimum atomic E-state index is -1.06. The number of amides is 2. The number of carbonyl (C=O) groups is 2. The van der Waals surface area contributed by atoms with Crippen LogP contribution in [0.15, 0.2) is 29.0 Å². The average Bonchev–Trinajstić information content (AvgIpc) is 3.36. The molecule has 10 heteroatoms. The van der Waals surface area contributed by atoms with Gasteiger partial charge in [-0.3, -0.25) is 4.79 Å². The van der Waals surface area contributed by atoms with Gasteiger partial charge < -0.3 is 29.4 Å². The molecule has 0 aliphatic carbocycles. The van der Waals surface area contributed by atoms with E-state index in [2.05, 4.69) is 24.1 Å². The van der Waals surface area contributed by atoms with E-state index in [1.54, 1.807) is 31.2 Å². The molecule has 1 fully saturated rings. The molecule has 2 aromatic heterocycles. The number of ether oxygens (including phenoxy) is 1. The molecule has 0 unspecified atom stereocenters. The maximum Gasteiger partial charge on any atom is 0.410 e. The van der Waals surface area contributed by atoms with Crippen molar-refractivity contribution in [3.63, 3.8) is 0 Å². The fourth-order valence-electron chi connectivity index (χ4n) is 4.85. The SMILES string of the molecule is CC(C)CN(C(=O)c1cnc(C(C)(C)C)nc1NCc1ccco1)[C@H]1C[C@@H](C(C)(C)O)CN(C(=O)OC(C)(C)C)C1. The van der Waals surface area contributed by atoms with Crippen LogP contribution in [0.2, 0.25) is 0 Å². The second-order valence-corrected chi connectivity index (χ2v) is 14.1. The molecule has 0 aromatic carbocycles. The number of piperidine rings is 1. The Kier molecular flexibility index (Phi) is 9.78. The van der Waals surface area contributed by atoms with E-state index in [0.29, 0.717) is 55.6 Å². The number of rotatable bonds is 8. The van der Waals surface area contributed by atoms with E-state index >= 15 is 0 Å². The monoisotopic (exact) mass is 571 g/mol. The first-order chi connectivity index (χ1) is 18.8. The normalized spacial score (nSPS) is 18.4. The molecule has 2 amide bonds. The number of carbonyl (C=O) groups excluding carboxylic acids is 2. The molecule has 1 saturated heterocycles. The van der Waals surface area contributed by atoms with Crippen LogP contribution in [0, 0.1) is 11.8 Å². The fourth-order valence-corrected chi connectivity index (χ4v) is 4.85. The van der Waals surface area contributed by atoms with Crippen molar-refractivity contribution < 1.29 is 23.8 Å². The highest BCUT2D eigenvalue weighted by molar-refractivity contribution is 5.98. The van der Waals surface area contributed by atoms with Crippen molar-refractivity contribution in [3.8, 4) is 0 Å². The van der Waals surface area contributed by atoms with E-state index in [0.717, 1.165) is 0 Å². The topological polar surface area (TPSA) is 121 Å². The van der Waals surface area contributed by atoms with Crippen molar-refractivity contribution in [3.05, 3.63) is 41.7 Å². The molecule has 0 saturated carbocycles. The van der Waals surface area contributed by atoms with Gasteiger partial charge >= 0.3 is 6.09 Å². The van der Waals surface area contributed by atoms with Crippen molar-refractivity contribution in [1.82, 2.24) is 19.8 Å². The lowest BCUT2D eigenvalue weighted by Gasteiger charge is -2.46. The third-order valence-electron chi connectivity index (χ3n) is 7.04. The standard InChI is InChI=1S/C31H49N5O5/c1-20(2)17-36(22-14-21(31(9,10)39)18-35(19-22)28(38)41-30(6,7)8)26(37)24-16-33-27(29(3,4)5)34-25(24)32-15-23-12-11-13-40-23/h11-13,16,20-22,39H,14-15,17-19H2,1-10H3,(H,32,33,34)/t21-,22+/m1/s1. The molecule has 2 N–H and O–H groups in total. The average molecular weight is 572 g/mol. The molecule has 1 aliphatic heterocycles. The number of hydrogen-bond donors (Lipinski definition) is 2. The molecule has 1 aliphatic rings. The summed E-state index contributed by atoms with van der Waals surface area (Å²) in [7, 11) is 0. The molecule has 2 aromatic rings. The second-order valence-electron chi connectivity index (χ2n) is 14.1. The maximum atomic E-state index is 14.4. The van der Waals surface area contributed by atoms with Crippen LogP contribution in [0.4, 0.5) is 10.6 Å². The zero-order valence-electron chi connectivity index (χ0n) is 26.4. The molecular formula is C31H49N5O5. The lowest BCUT2D eigenvalue weighted by molar-refractivity contribution is -0.0479. The van der Waals surface area contributed by atoms with Gasteiger partial charge in [0, 0.05) is 37.2 Å². The van der Waals surface area contributed by atoms with Gasteiger partial charge in [-0.05, 0) is 59.1 Å². The molecular weight excluding hydrogens is 522 g/mol. The first-order valence-electron chi connectivity index (χ1n) is 14.5. The second kappa shape index (κ2) is 12.4. The van der Waals surface area contributed by atoms with Gasteiger partial charge in [-0.1, -0.05) is 34.6 Å². The number of nitrogens with zero attached hydrogens (tertiary/aromatic N) is 4. The number of hydrogen-bond acceptors (Lipinski definition) is 8. The summed E-state index contributed by atoms with van der Waals surface area (Å²) >= 11 is 0. The Bertz CT molecular complexity index is 1170. The predicted octanol–water partition coefficient (Wildman–Crippen LogP) is 5.47. The summed E-state index contributed by atoms with van der Waals surface area (Å²) in [6.45, 7) is 20.6. The van der Waals surface area contributed by atoms with Crippen LogP contribution in [0.25, 0.3) is 0 Å². The molecule has 0 radical (unpaired) electrons. The highest BCUT2D eigenvalue weighted by atomic mass is 16.6. The van der Waals surface area contributed by atoms with E-state index in [9.17, 15) is 14.7 Å². The summed E-state index contributed by atoms with van der Waals surface area (Å²) in [6.07, 6.45) is 3.28. The lowest BCUT2D eigenvalue weighted by atomic mass is 9.81. The van der Waals surface area contributed by atoms with E-state index in [4.69, 9.17) is 14.1 Å². The zero-order valence-corrected chi connectivity index (χ0v) is 26.4.